The van der Waals surface area contributed by atoms with Gasteiger partial charge in [0, 0.05) is 30.2 Å². The molecule has 2 unspecified atom stereocenters. The predicted octanol–water partition coefficient (Wildman–Crippen LogP) is 4.18. The Morgan fingerprint density at radius 1 is 1.14 bits per heavy atom. The first kappa shape index (κ1) is 25.1. The first-order valence-corrected chi connectivity index (χ1v) is 12.1. The molecule has 0 saturated heterocycles. The standard InChI is InChI=1S/C28H34N2O5/c1-5-35-27(32)25-20(16-34-13-12-29)30-19-14-28(2,3)15-21(31)24(19)26(25)23-18-9-7-6-8-17(18)10-11-22(23)33-4/h6-11,24,26H,5,12-16,29H2,1-4H3. The molecule has 2 aliphatic rings. The van der Waals surface area contributed by atoms with E-state index in [1.165, 1.54) is 0 Å². The van der Waals surface area contributed by atoms with Crippen molar-refractivity contribution in [3.8, 4) is 5.75 Å². The summed E-state index contributed by atoms with van der Waals surface area (Å²) in [7, 11) is 1.61. The zero-order valence-electron chi connectivity index (χ0n) is 20.9. The summed E-state index contributed by atoms with van der Waals surface area (Å²) in [4.78, 5) is 32.1. The van der Waals surface area contributed by atoms with Crippen molar-refractivity contribution in [3.05, 3.63) is 53.2 Å². The van der Waals surface area contributed by atoms with Crippen LogP contribution in [-0.2, 0) is 19.1 Å². The average molecular weight is 479 g/mol. The Kier molecular flexibility index (Phi) is 7.38. The molecule has 0 amide bonds. The van der Waals surface area contributed by atoms with Gasteiger partial charge in [0.2, 0.25) is 0 Å². The first-order chi connectivity index (χ1) is 16.8. The van der Waals surface area contributed by atoms with Crippen molar-refractivity contribution in [1.29, 1.82) is 0 Å². The molecule has 1 heterocycles. The normalized spacial score (nSPS) is 21.5. The molecular formula is C28H34N2O5. The van der Waals surface area contributed by atoms with Crippen molar-refractivity contribution < 1.29 is 23.8 Å². The molecule has 0 aromatic heterocycles. The highest BCUT2D eigenvalue weighted by molar-refractivity contribution is 6.13. The van der Waals surface area contributed by atoms with Gasteiger partial charge in [0.15, 0.2) is 0 Å². The number of hydrogen-bond acceptors (Lipinski definition) is 7. The van der Waals surface area contributed by atoms with Gasteiger partial charge in [-0.1, -0.05) is 44.2 Å². The number of carbonyl (C=O) groups excluding carboxylic acids is 2. The van der Waals surface area contributed by atoms with Gasteiger partial charge in [-0.25, -0.2) is 4.79 Å². The lowest BCUT2D eigenvalue weighted by Crippen LogP contribution is -2.44. The highest BCUT2D eigenvalue weighted by atomic mass is 16.5. The molecule has 1 fully saturated rings. The van der Waals surface area contributed by atoms with E-state index in [1.807, 2.05) is 36.4 Å². The highest BCUT2D eigenvalue weighted by Crippen LogP contribution is 2.50. The molecule has 2 atom stereocenters. The number of rotatable bonds is 8. The lowest BCUT2D eigenvalue weighted by molar-refractivity contribution is -0.139. The van der Waals surface area contributed by atoms with Crippen LogP contribution in [0.2, 0.25) is 0 Å². The van der Waals surface area contributed by atoms with Crippen LogP contribution in [0.1, 0.15) is 45.1 Å². The number of esters is 1. The number of benzene rings is 2. The van der Waals surface area contributed by atoms with Crippen LogP contribution in [0.25, 0.3) is 10.8 Å². The van der Waals surface area contributed by atoms with Crippen LogP contribution in [0.5, 0.6) is 5.75 Å². The van der Waals surface area contributed by atoms with E-state index in [-0.39, 0.29) is 24.4 Å². The molecule has 2 aromatic rings. The highest BCUT2D eigenvalue weighted by Gasteiger charge is 2.49. The van der Waals surface area contributed by atoms with Gasteiger partial charge < -0.3 is 19.9 Å². The Balaban J connectivity index is 2.02. The summed E-state index contributed by atoms with van der Waals surface area (Å²) in [6.45, 7) is 6.93. The number of nitrogens with two attached hydrogens (primary N) is 1. The van der Waals surface area contributed by atoms with Crippen LogP contribution in [0.15, 0.2) is 52.7 Å². The molecule has 2 aromatic carbocycles. The monoisotopic (exact) mass is 478 g/mol. The molecule has 4 rings (SSSR count). The molecule has 0 radical (unpaired) electrons. The molecule has 1 saturated carbocycles. The van der Waals surface area contributed by atoms with Crippen LogP contribution < -0.4 is 10.5 Å². The maximum absolute atomic E-state index is 13.7. The third kappa shape index (κ3) is 4.88. The van der Waals surface area contributed by atoms with E-state index in [2.05, 4.69) is 13.8 Å². The van der Waals surface area contributed by atoms with E-state index in [0.717, 1.165) is 22.0 Å². The predicted molar refractivity (Wildman–Crippen MR) is 136 cm³/mol. The number of aliphatic imine (C=N–C) groups is 1. The van der Waals surface area contributed by atoms with E-state index in [4.69, 9.17) is 24.9 Å². The lowest BCUT2D eigenvalue weighted by atomic mass is 9.63. The van der Waals surface area contributed by atoms with E-state index in [1.54, 1.807) is 14.0 Å². The van der Waals surface area contributed by atoms with Crippen molar-refractivity contribution in [2.45, 2.75) is 39.5 Å². The number of nitrogens with zero attached hydrogens (tertiary/aromatic N) is 1. The molecule has 2 N–H and O–H groups in total. The fourth-order valence-electron chi connectivity index (χ4n) is 5.40. The number of Topliss-reactive ketones (excluding diaryl/α,β-unsaturated/α-hetero) is 1. The van der Waals surface area contributed by atoms with Gasteiger partial charge in [-0.3, -0.25) is 9.79 Å². The zero-order chi connectivity index (χ0) is 25.2. The maximum Gasteiger partial charge on any atom is 0.336 e. The summed E-state index contributed by atoms with van der Waals surface area (Å²) in [5.41, 5.74) is 7.86. The van der Waals surface area contributed by atoms with Gasteiger partial charge in [-0.15, -0.1) is 0 Å². The molecule has 0 spiro atoms. The average Bonchev–Trinajstić information content (AvgIpc) is 2.82. The van der Waals surface area contributed by atoms with Crippen LogP contribution in [0.3, 0.4) is 0 Å². The van der Waals surface area contributed by atoms with Crippen LogP contribution in [0.4, 0.5) is 0 Å². The number of fused-ring (bicyclic) bond motifs is 2. The summed E-state index contributed by atoms with van der Waals surface area (Å²) in [6.07, 6.45) is 1.07. The van der Waals surface area contributed by atoms with E-state index < -0.39 is 17.8 Å². The molecule has 35 heavy (non-hydrogen) atoms. The number of carbonyl (C=O) groups is 2. The molecule has 186 valence electrons. The maximum atomic E-state index is 13.7. The molecule has 0 bridgehead atoms. The van der Waals surface area contributed by atoms with Crippen molar-refractivity contribution >= 4 is 28.2 Å². The summed E-state index contributed by atoms with van der Waals surface area (Å²) >= 11 is 0. The minimum absolute atomic E-state index is 0.0729. The zero-order valence-corrected chi connectivity index (χ0v) is 20.9. The number of hydrogen-bond donors (Lipinski definition) is 1. The first-order valence-electron chi connectivity index (χ1n) is 12.1. The third-order valence-electron chi connectivity index (χ3n) is 6.71. The Labute approximate surface area is 206 Å². The third-order valence-corrected chi connectivity index (χ3v) is 6.71. The van der Waals surface area contributed by atoms with Gasteiger partial charge in [-0.05, 0) is 35.6 Å². The second-order valence-electron chi connectivity index (χ2n) is 9.87. The quantitative estimate of drug-likeness (QED) is 0.451. The van der Waals surface area contributed by atoms with Gasteiger partial charge >= 0.3 is 5.97 Å². The second-order valence-corrected chi connectivity index (χ2v) is 9.87. The molecule has 7 nitrogen and oxygen atoms in total. The number of methoxy groups -OCH3 is 1. The van der Waals surface area contributed by atoms with Gasteiger partial charge in [0.05, 0.1) is 44.1 Å². The largest absolute Gasteiger partial charge is 0.496 e. The Hall–Kier alpha value is -3.03. The van der Waals surface area contributed by atoms with Gasteiger partial charge in [0.1, 0.15) is 11.5 Å². The Bertz CT molecular complexity index is 1200. The smallest absolute Gasteiger partial charge is 0.336 e. The van der Waals surface area contributed by atoms with E-state index in [0.29, 0.717) is 43.0 Å². The van der Waals surface area contributed by atoms with Crippen LogP contribution in [0, 0.1) is 11.3 Å². The van der Waals surface area contributed by atoms with Crippen LogP contribution >= 0.6 is 0 Å². The van der Waals surface area contributed by atoms with Crippen molar-refractivity contribution in [2.24, 2.45) is 22.1 Å². The van der Waals surface area contributed by atoms with E-state index >= 15 is 0 Å². The summed E-state index contributed by atoms with van der Waals surface area (Å²) in [6, 6.07) is 11.8. The Morgan fingerprint density at radius 3 is 2.63 bits per heavy atom. The Morgan fingerprint density at radius 2 is 1.91 bits per heavy atom. The van der Waals surface area contributed by atoms with Crippen molar-refractivity contribution in [3.63, 3.8) is 0 Å². The minimum Gasteiger partial charge on any atom is -0.496 e. The van der Waals surface area contributed by atoms with Gasteiger partial charge in [-0.2, -0.15) is 0 Å². The van der Waals surface area contributed by atoms with E-state index in [9.17, 15) is 9.59 Å². The minimum atomic E-state index is -0.595. The number of ether oxygens (including phenoxy) is 3. The summed E-state index contributed by atoms with van der Waals surface area (Å²) < 4.78 is 17.1. The lowest BCUT2D eigenvalue weighted by Gasteiger charge is -2.41. The fraction of sp³-hybridized carbons (Fsp3) is 0.464. The molecule has 1 aliphatic heterocycles. The molecular weight excluding hydrogens is 444 g/mol. The van der Waals surface area contributed by atoms with Crippen molar-refractivity contribution in [2.75, 3.05) is 33.5 Å². The van der Waals surface area contributed by atoms with Crippen molar-refractivity contribution in [1.82, 2.24) is 0 Å². The van der Waals surface area contributed by atoms with Gasteiger partial charge in [0.25, 0.3) is 0 Å². The molecule has 1 aliphatic carbocycles. The molecule has 7 heteroatoms. The second kappa shape index (κ2) is 10.3. The SMILES string of the molecule is CCOC(=O)C1=C(COCCN)N=C2CC(C)(C)CC(=O)C2C1c1c(OC)ccc2ccccc12. The summed E-state index contributed by atoms with van der Waals surface area (Å²) in [5, 5.41) is 1.93. The van der Waals surface area contributed by atoms with Crippen LogP contribution in [-0.4, -0.2) is 50.9 Å². The number of ketones is 1. The topological polar surface area (TPSA) is 100 Å². The fourth-order valence-corrected chi connectivity index (χ4v) is 5.40. The summed E-state index contributed by atoms with van der Waals surface area (Å²) in [5.74, 6) is -0.956.